The summed E-state index contributed by atoms with van der Waals surface area (Å²) < 4.78 is 5.51. The van der Waals surface area contributed by atoms with Gasteiger partial charge in [-0.3, -0.25) is 19.4 Å². The van der Waals surface area contributed by atoms with Gasteiger partial charge in [-0.15, -0.1) is 0 Å². The Morgan fingerprint density at radius 1 is 0.656 bits per heavy atom. The molecule has 4 aliphatic heterocycles. The van der Waals surface area contributed by atoms with Crippen molar-refractivity contribution in [3.05, 3.63) is 96.1 Å². The van der Waals surface area contributed by atoms with Gasteiger partial charge in [-0.05, 0) is 95.7 Å². The summed E-state index contributed by atoms with van der Waals surface area (Å²) in [6.07, 6.45) is 3.48. The molecule has 6 heterocycles. The van der Waals surface area contributed by atoms with Crippen LogP contribution in [0, 0.1) is 0 Å². The van der Waals surface area contributed by atoms with Gasteiger partial charge in [0.1, 0.15) is 29.3 Å². The van der Waals surface area contributed by atoms with Crippen LogP contribution in [0.4, 0.5) is 49.0 Å². The zero-order chi connectivity index (χ0) is 44.5. The van der Waals surface area contributed by atoms with Gasteiger partial charge >= 0.3 is 18.2 Å². The molecule has 2 aromatic heterocycles. The van der Waals surface area contributed by atoms with Crippen molar-refractivity contribution in [2.24, 2.45) is 0 Å². The van der Waals surface area contributed by atoms with Crippen molar-refractivity contribution in [1.29, 1.82) is 0 Å². The number of fused-ring (bicyclic) bond motifs is 2. The third-order valence-corrected chi connectivity index (χ3v) is 12.5. The molecule has 0 bridgehead atoms. The van der Waals surface area contributed by atoms with E-state index in [0.717, 1.165) is 58.9 Å². The number of nitrogens with zero attached hydrogens (tertiary/aromatic N) is 9. The predicted molar refractivity (Wildman–Crippen MR) is 247 cm³/mol. The van der Waals surface area contributed by atoms with Crippen LogP contribution in [-0.4, -0.2) is 102 Å². The summed E-state index contributed by atoms with van der Waals surface area (Å²) in [6, 6.07) is 25.8. The number of pyridine rings is 2. The molecule has 6 aliphatic rings. The lowest BCUT2D eigenvalue weighted by molar-refractivity contribution is -0.120. The van der Waals surface area contributed by atoms with E-state index in [1.54, 1.807) is 60.5 Å². The van der Waals surface area contributed by atoms with Gasteiger partial charge in [0.2, 0.25) is 11.8 Å². The molecule has 4 unspecified atom stereocenters. The largest absolute Gasteiger partial charge is 0.443 e. The fourth-order valence-electron chi connectivity index (χ4n) is 9.08. The van der Waals surface area contributed by atoms with Gasteiger partial charge in [0.25, 0.3) is 0 Å². The Hall–Kier alpha value is -6.71. The smallest absolute Gasteiger partial charge is 0.418 e. The van der Waals surface area contributed by atoms with E-state index >= 15 is 0 Å². The van der Waals surface area contributed by atoms with Crippen LogP contribution in [0.25, 0.3) is 0 Å². The minimum Gasteiger partial charge on any atom is -0.443 e. The average Bonchev–Trinajstić information content (AvgIpc) is 4.21. The number of ether oxygens (including phenoxy) is 1. The van der Waals surface area contributed by atoms with Crippen LogP contribution in [0.2, 0.25) is 0 Å². The molecular weight excluding hydrogens is 813 g/mol. The number of nitrogens with one attached hydrogen (secondary N) is 1. The number of benzene rings is 2. The van der Waals surface area contributed by atoms with Gasteiger partial charge in [-0.1, -0.05) is 68.1 Å². The number of hydrogen-bond donors (Lipinski definition) is 1. The van der Waals surface area contributed by atoms with Crippen molar-refractivity contribution in [1.82, 2.24) is 20.2 Å². The maximum atomic E-state index is 13.6. The number of rotatable bonds is 6. The molecule has 2 aliphatic carbocycles. The Bertz CT molecular complexity index is 2460. The first-order chi connectivity index (χ1) is 30.1. The number of aromatic nitrogens is 2. The van der Waals surface area contributed by atoms with E-state index in [0.29, 0.717) is 30.0 Å². The van der Waals surface area contributed by atoms with Crippen LogP contribution in [-0.2, 0) is 14.3 Å². The van der Waals surface area contributed by atoms with Crippen LogP contribution in [0.15, 0.2) is 84.9 Å². The van der Waals surface area contributed by atoms with E-state index in [2.05, 4.69) is 15.1 Å². The first-order valence-corrected chi connectivity index (χ1v) is 21.8. The standard InChI is InChI=1S/C26H31N5O4.C21H23N5O2.CH4/c1-16-23(32)28(5)19-13-14-21(27-22(19)30(16)18-11-12-18)31-20(17-9-7-6-8-10-17)15-29(24(31)33)25(34)35-26(2,3)4;1-13-20(27)24(2)16-10-11-18(23-19(16)25(13)15-8-9-15)26-17(12-22-21(26)28)14-6-4-3-5-7-14;/h6-10,13-14,16,18,20H,11-12,15H2,1-5H3;3-7,10-11,13,15,17H,8-9,12H2,1-2H3,(H,22,28);1H4. The number of amides is 7. The second-order valence-electron chi connectivity index (χ2n) is 18.1. The Morgan fingerprint density at radius 2 is 1.11 bits per heavy atom. The van der Waals surface area contributed by atoms with Gasteiger partial charge in [-0.25, -0.2) is 29.3 Å². The number of urea groups is 2. The highest BCUT2D eigenvalue weighted by molar-refractivity contribution is 6.07. The Labute approximate surface area is 374 Å². The Morgan fingerprint density at radius 3 is 1.56 bits per heavy atom. The number of anilines is 6. The highest BCUT2D eigenvalue weighted by atomic mass is 16.6. The number of imide groups is 1. The molecule has 64 heavy (non-hydrogen) atoms. The van der Waals surface area contributed by atoms with Gasteiger partial charge in [-0.2, -0.15) is 0 Å². The van der Waals surface area contributed by atoms with Crippen molar-refractivity contribution in [3.8, 4) is 0 Å². The molecule has 0 spiro atoms. The predicted octanol–water partition coefficient (Wildman–Crippen LogP) is 7.66. The molecule has 10 rings (SSSR count). The van der Waals surface area contributed by atoms with Crippen LogP contribution in [0.1, 0.15) is 90.9 Å². The number of likely N-dealkylation sites (N-methyl/N-ethyl adjacent to an activating group) is 2. The van der Waals surface area contributed by atoms with Crippen molar-refractivity contribution in [2.75, 3.05) is 56.6 Å². The average molecular weight is 871 g/mol. The molecule has 4 atom stereocenters. The monoisotopic (exact) mass is 870 g/mol. The minimum absolute atomic E-state index is 0. The molecule has 2 saturated carbocycles. The normalized spacial score (nSPS) is 23.0. The van der Waals surface area contributed by atoms with E-state index in [9.17, 15) is 24.0 Å². The molecule has 7 amide bonds. The van der Waals surface area contributed by atoms with Crippen molar-refractivity contribution in [3.63, 3.8) is 0 Å². The highest BCUT2D eigenvalue weighted by Crippen LogP contribution is 2.45. The second-order valence-corrected chi connectivity index (χ2v) is 18.1. The van der Waals surface area contributed by atoms with Crippen LogP contribution in [0.3, 0.4) is 0 Å². The second kappa shape index (κ2) is 16.8. The first-order valence-electron chi connectivity index (χ1n) is 21.8. The van der Waals surface area contributed by atoms with Gasteiger partial charge in [0.15, 0.2) is 11.6 Å². The summed E-state index contributed by atoms with van der Waals surface area (Å²) in [4.78, 5) is 86.4. The summed E-state index contributed by atoms with van der Waals surface area (Å²) in [6.45, 7) is 9.84. The minimum atomic E-state index is -0.727. The van der Waals surface area contributed by atoms with E-state index in [4.69, 9.17) is 14.7 Å². The van der Waals surface area contributed by atoms with Gasteiger partial charge in [0, 0.05) is 32.7 Å². The molecule has 16 nitrogen and oxygen atoms in total. The van der Waals surface area contributed by atoms with Crippen LogP contribution >= 0.6 is 0 Å². The van der Waals surface area contributed by atoms with Crippen LogP contribution < -0.4 is 34.7 Å². The zero-order valence-electron chi connectivity index (χ0n) is 36.8. The molecule has 4 fully saturated rings. The quantitative estimate of drug-likeness (QED) is 0.204. The zero-order valence-corrected chi connectivity index (χ0v) is 36.8. The van der Waals surface area contributed by atoms with Crippen LogP contribution in [0.5, 0.6) is 0 Å². The summed E-state index contributed by atoms with van der Waals surface area (Å²) in [5, 5.41) is 2.94. The summed E-state index contributed by atoms with van der Waals surface area (Å²) >= 11 is 0. The summed E-state index contributed by atoms with van der Waals surface area (Å²) in [7, 11) is 3.54. The SMILES string of the molecule is C.CC1C(=O)N(C)c2ccc(N3C(=O)N(C(=O)OC(C)(C)C)CC3c3ccccc3)nc2N1C1CC1.CC1C(=O)N(C)c2ccc(N3C(=O)NCC3c3ccccc3)nc2N1C1CC1. The molecule has 4 aromatic rings. The van der Waals surface area contributed by atoms with E-state index in [1.807, 2.05) is 92.7 Å². The third-order valence-electron chi connectivity index (χ3n) is 12.5. The van der Waals surface area contributed by atoms with Crippen molar-refractivity contribution < 1.29 is 28.7 Å². The lowest BCUT2D eigenvalue weighted by Gasteiger charge is -2.40. The molecule has 1 N–H and O–H groups in total. The fourth-order valence-corrected chi connectivity index (χ4v) is 9.08. The van der Waals surface area contributed by atoms with E-state index in [1.165, 1.54) is 0 Å². The van der Waals surface area contributed by atoms with Gasteiger partial charge < -0.3 is 29.7 Å². The maximum absolute atomic E-state index is 13.6. The Balaban J connectivity index is 0.000000176. The molecule has 2 aromatic carbocycles. The van der Waals surface area contributed by atoms with E-state index in [-0.39, 0.29) is 56.0 Å². The van der Waals surface area contributed by atoms with Crippen molar-refractivity contribution >= 4 is 64.6 Å². The van der Waals surface area contributed by atoms with Gasteiger partial charge in [0.05, 0.1) is 30.0 Å². The molecule has 0 radical (unpaired) electrons. The highest BCUT2D eigenvalue weighted by Gasteiger charge is 2.48. The maximum Gasteiger partial charge on any atom is 0.418 e. The lowest BCUT2D eigenvalue weighted by atomic mass is 10.1. The van der Waals surface area contributed by atoms with E-state index < -0.39 is 23.8 Å². The summed E-state index contributed by atoms with van der Waals surface area (Å²) in [5.41, 5.74) is 2.76. The number of hydrogen-bond acceptors (Lipinski definition) is 10. The molecule has 16 heteroatoms. The summed E-state index contributed by atoms with van der Waals surface area (Å²) in [5.74, 6) is 2.64. The molecular formula is C48H58N10O6. The topological polar surface area (TPSA) is 155 Å². The molecule has 336 valence electrons. The lowest BCUT2D eigenvalue weighted by Crippen LogP contribution is -2.52. The van der Waals surface area contributed by atoms with Crippen molar-refractivity contribution in [2.45, 2.75) is 110 Å². The molecule has 2 saturated heterocycles. The number of carbonyl (C=O) groups is 5. The first kappa shape index (κ1) is 43.9. The Kier molecular flexibility index (Phi) is 11.5. The fraction of sp³-hybridized carbons (Fsp3) is 0.438. The number of carbonyl (C=O) groups excluding carboxylic acids is 5. The third kappa shape index (κ3) is 7.94.